The van der Waals surface area contributed by atoms with Gasteiger partial charge in [-0.05, 0) is 36.8 Å². The van der Waals surface area contributed by atoms with Crippen molar-refractivity contribution >= 4 is 11.7 Å². The van der Waals surface area contributed by atoms with Gasteiger partial charge in [0.15, 0.2) is 0 Å². The molecule has 1 fully saturated rings. The third-order valence-electron chi connectivity index (χ3n) is 5.05. The summed E-state index contributed by atoms with van der Waals surface area (Å²) in [5.74, 6) is 1.18. The summed E-state index contributed by atoms with van der Waals surface area (Å²) in [6.07, 6.45) is 3.55. The highest BCUT2D eigenvalue weighted by molar-refractivity contribution is 5.79. The quantitative estimate of drug-likeness (QED) is 0.920. The molecule has 1 aliphatic rings. The van der Waals surface area contributed by atoms with Crippen molar-refractivity contribution in [2.45, 2.75) is 46.6 Å². The maximum absolute atomic E-state index is 12.8. The number of amides is 1. The largest absolute Gasteiger partial charge is 0.394 e. The van der Waals surface area contributed by atoms with Crippen molar-refractivity contribution in [2.24, 2.45) is 11.3 Å². The number of aliphatic hydroxyl groups excluding tert-OH is 1. The standard InChI is InChI=1S/C19H31N3O2/c1-14-6-7-17(20-12-14)22-10-8-15(9-11-22)18(24)21(5)16(13-23)19(2,3)4/h6-7,12,15-16,23H,8-11,13H2,1-5H3/t16-/m1/s1. The van der Waals surface area contributed by atoms with E-state index < -0.39 is 0 Å². The molecule has 0 aromatic carbocycles. The second-order valence-corrected chi connectivity index (χ2v) is 7.97. The maximum atomic E-state index is 12.8. The lowest BCUT2D eigenvalue weighted by molar-refractivity contribution is -0.140. The SMILES string of the molecule is Cc1ccc(N2CCC(C(=O)N(C)[C@H](CO)C(C)(C)C)CC2)nc1. The number of aliphatic hydroxyl groups is 1. The van der Waals surface area contributed by atoms with Crippen LogP contribution in [0.5, 0.6) is 0 Å². The minimum absolute atomic E-state index is 0.00211. The summed E-state index contributed by atoms with van der Waals surface area (Å²) < 4.78 is 0. The molecule has 24 heavy (non-hydrogen) atoms. The molecule has 1 aromatic rings. The van der Waals surface area contributed by atoms with Gasteiger partial charge in [-0.15, -0.1) is 0 Å². The number of anilines is 1. The lowest BCUT2D eigenvalue weighted by atomic mass is 9.85. The van der Waals surface area contributed by atoms with Crippen molar-refractivity contribution < 1.29 is 9.90 Å². The fourth-order valence-electron chi connectivity index (χ4n) is 3.42. The third kappa shape index (κ3) is 4.26. The van der Waals surface area contributed by atoms with E-state index in [1.54, 1.807) is 4.90 Å². The molecule has 2 rings (SSSR count). The first-order chi connectivity index (χ1) is 11.2. The van der Waals surface area contributed by atoms with E-state index in [1.807, 2.05) is 26.2 Å². The van der Waals surface area contributed by atoms with Crippen molar-refractivity contribution in [3.8, 4) is 0 Å². The van der Waals surface area contributed by atoms with E-state index in [2.05, 4.69) is 36.7 Å². The smallest absolute Gasteiger partial charge is 0.225 e. The van der Waals surface area contributed by atoms with Gasteiger partial charge in [-0.2, -0.15) is 0 Å². The van der Waals surface area contributed by atoms with Crippen LogP contribution in [0.4, 0.5) is 5.82 Å². The number of pyridine rings is 1. The van der Waals surface area contributed by atoms with E-state index in [0.717, 1.165) is 37.3 Å². The molecule has 0 spiro atoms. The zero-order valence-corrected chi connectivity index (χ0v) is 15.6. The number of aromatic nitrogens is 1. The molecule has 0 unspecified atom stereocenters. The molecular formula is C19H31N3O2. The zero-order valence-electron chi connectivity index (χ0n) is 15.6. The Hall–Kier alpha value is -1.62. The maximum Gasteiger partial charge on any atom is 0.225 e. The van der Waals surface area contributed by atoms with Gasteiger partial charge in [0.1, 0.15) is 5.82 Å². The van der Waals surface area contributed by atoms with E-state index in [-0.39, 0.29) is 29.9 Å². The summed E-state index contributed by atoms with van der Waals surface area (Å²) in [7, 11) is 1.82. The number of piperidine rings is 1. The van der Waals surface area contributed by atoms with Crippen molar-refractivity contribution in [2.75, 3.05) is 31.6 Å². The van der Waals surface area contributed by atoms with Crippen molar-refractivity contribution in [3.05, 3.63) is 23.9 Å². The summed E-state index contributed by atoms with van der Waals surface area (Å²) in [6.45, 7) is 9.90. The lowest BCUT2D eigenvalue weighted by Crippen LogP contribution is -2.50. The predicted octanol–water partition coefficient (Wildman–Crippen LogP) is 2.47. The number of likely N-dealkylation sites (N-methyl/N-ethyl adjacent to an activating group) is 1. The number of carbonyl (C=O) groups is 1. The van der Waals surface area contributed by atoms with E-state index in [4.69, 9.17) is 0 Å². The van der Waals surface area contributed by atoms with Gasteiger partial charge >= 0.3 is 0 Å². The Bertz CT molecular complexity index is 543. The van der Waals surface area contributed by atoms with Crippen LogP contribution in [0, 0.1) is 18.3 Å². The van der Waals surface area contributed by atoms with Crippen LogP contribution in [0.2, 0.25) is 0 Å². The number of hydrogen-bond donors (Lipinski definition) is 1. The second-order valence-electron chi connectivity index (χ2n) is 7.97. The number of nitrogens with zero attached hydrogens (tertiary/aromatic N) is 3. The molecule has 1 N–H and O–H groups in total. The average Bonchev–Trinajstić information content (AvgIpc) is 2.54. The number of carbonyl (C=O) groups excluding carboxylic acids is 1. The Labute approximate surface area is 145 Å². The van der Waals surface area contributed by atoms with Crippen molar-refractivity contribution in [3.63, 3.8) is 0 Å². The minimum Gasteiger partial charge on any atom is -0.394 e. The van der Waals surface area contributed by atoms with Gasteiger partial charge in [0.25, 0.3) is 0 Å². The van der Waals surface area contributed by atoms with Crippen LogP contribution in [-0.4, -0.2) is 53.7 Å². The monoisotopic (exact) mass is 333 g/mol. The lowest BCUT2D eigenvalue weighted by Gasteiger charge is -2.40. The van der Waals surface area contributed by atoms with Crippen LogP contribution in [0.15, 0.2) is 18.3 Å². The molecule has 0 saturated carbocycles. The molecule has 0 bridgehead atoms. The van der Waals surface area contributed by atoms with Crippen molar-refractivity contribution in [1.82, 2.24) is 9.88 Å². The number of rotatable bonds is 4. The fourth-order valence-corrected chi connectivity index (χ4v) is 3.42. The van der Waals surface area contributed by atoms with Gasteiger partial charge in [-0.1, -0.05) is 26.8 Å². The molecule has 5 nitrogen and oxygen atoms in total. The van der Waals surface area contributed by atoms with Crippen LogP contribution >= 0.6 is 0 Å². The molecule has 1 amide bonds. The highest BCUT2D eigenvalue weighted by Crippen LogP contribution is 2.28. The first-order valence-corrected chi connectivity index (χ1v) is 8.79. The van der Waals surface area contributed by atoms with E-state index >= 15 is 0 Å². The van der Waals surface area contributed by atoms with Crippen LogP contribution < -0.4 is 4.90 Å². The molecule has 0 aliphatic carbocycles. The van der Waals surface area contributed by atoms with E-state index in [0.29, 0.717) is 0 Å². The molecule has 1 atom stereocenters. The Balaban J connectivity index is 1.96. The molecule has 134 valence electrons. The number of hydrogen-bond acceptors (Lipinski definition) is 4. The highest BCUT2D eigenvalue weighted by Gasteiger charge is 2.35. The number of aryl methyl sites for hydroxylation is 1. The third-order valence-corrected chi connectivity index (χ3v) is 5.05. The second kappa shape index (κ2) is 7.51. The Morgan fingerprint density at radius 3 is 2.46 bits per heavy atom. The van der Waals surface area contributed by atoms with Gasteiger partial charge in [0.05, 0.1) is 12.6 Å². The van der Waals surface area contributed by atoms with Crippen LogP contribution in [0.1, 0.15) is 39.2 Å². The first kappa shape index (κ1) is 18.7. The molecule has 1 saturated heterocycles. The fraction of sp³-hybridized carbons (Fsp3) is 0.684. The molecule has 1 aromatic heterocycles. The summed E-state index contributed by atoms with van der Waals surface area (Å²) in [4.78, 5) is 21.3. The first-order valence-electron chi connectivity index (χ1n) is 8.79. The Morgan fingerprint density at radius 1 is 1.38 bits per heavy atom. The normalized spacial score (nSPS) is 17.7. The average molecular weight is 333 g/mol. The van der Waals surface area contributed by atoms with E-state index in [1.165, 1.54) is 0 Å². The summed E-state index contributed by atoms with van der Waals surface area (Å²) in [5, 5.41) is 9.68. The van der Waals surface area contributed by atoms with Gasteiger partial charge in [0.2, 0.25) is 5.91 Å². The summed E-state index contributed by atoms with van der Waals surface area (Å²) >= 11 is 0. The van der Waals surface area contributed by atoms with Gasteiger partial charge in [-0.3, -0.25) is 4.79 Å². The molecule has 5 heteroatoms. The van der Waals surface area contributed by atoms with Gasteiger partial charge in [-0.25, -0.2) is 4.98 Å². The van der Waals surface area contributed by atoms with Gasteiger partial charge in [0, 0.05) is 32.3 Å². The highest BCUT2D eigenvalue weighted by atomic mass is 16.3. The van der Waals surface area contributed by atoms with Crippen LogP contribution in [0.25, 0.3) is 0 Å². The van der Waals surface area contributed by atoms with Crippen molar-refractivity contribution in [1.29, 1.82) is 0 Å². The Morgan fingerprint density at radius 2 is 2.00 bits per heavy atom. The molecular weight excluding hydrogens is 302 g/mol. The Kier molecular flexibility index (Phi) is 5.86. The minimum atomic E-state index is -0.151. The molecule has 1 aliphatic heterocycles. The van der Waals surface area contributed by atoms with Gasteiger partial charge < -0.3 is 14.9 Å². The summed E-state index contributed by atoms with van der Waals surface area (Å²) in [6, 6.07) is 3.97. The zero-order chi connectivity index (χ0) is 17.9. The van der Waals surface area contributed by atoms with Crippen LogP contribution in [0.3, 0.4) is 0 Å². The predicted molar refractivity (Wildman–Crippen MR) is 97.0 cm³/mol. The molecule has 0 radical (unpaired) electrons. The topological polar surface area (TPSA) is 56.7 Å². The summed E-state index contributed by atoms with van der Waals surface area (Å²) in [5.41, 5.74) is 1.02. The van der Waals surface area contributed by atoms with E-state index in [9.17, 15) is 9.90 Å². The molecule has 2 heterocycles. The van der Waals surface area contributed by atoms with Crippen LogP contribution in [-0.2, 0) is 4.79 Å².